The minimum Gasteiger partial charge on any atom is -0.296 e. The van der Waals surface area contributed by atoms with E-state index in [1.165, 1.54) is 0 Å². The van der Waals surface area contributed by atoms with Crippen molar-refractivity contribution < 1.29 is 13.6 Å². The number of fused-ring (bicyclic) bond motifs is 1. The lowest BCUT2D eigenvalue weighted by molar-refractivity contribution is -0.0656. The Morgan fingerprint density at radius 3 is 3.00 bits per heavy atom. The number of hydrogen-bond acceptors (Lipinski definition) is 2. The van der Waals surface area contributed by atoms with Crippen LogP contribution < -0.4 is 0 Å². The van der Waals surface area contributed by atoms with Gasteiger partial charge in [0, 0.05) is 17.2 Å². The molecule has 0 saturated carbocycles. The van der Waals surface area contributed by atoms with Crippen molar-refractivity contribution in [1.82, 2.24) is 10.2 Å². The van der Waals surface area contributed by atoms with E-state index in [1.54, 1.807) is 6.92 Å². The molecule has 0 spiro atoms. The number of aldehydes is 1. The van der Waals surface area contributed by atoms with E-state index in [1.807, 2.05) is 0 Å². The van der Waals surface area contributed by atoms with E-state index < -0.39 is 11.8 Å². The lowest BCUT2D eigenvalue weighted by Gasteiger charge is -2.30. The topological polar surface area (TPSA) is 45.8 Å². The molecule has 1 N–H and O–H groups in total. The molecule has 0 aliphatic heterocycles. The standard InChI is InChI=1S/C10H12F2N2O/c1-2-6-3-7-8(4-10(6,11)12)13-14-9(7)5-15/h5-6H,2-4H2,1H3,(H,13,14). The van der Waals surface area contributed by atoms with Gasteiger partial charge in [0.2, 0.25) is 0 Å². The highest BCUT2D eigenvalue weighted by molar-refractivity contribution is 5.74. The number of aromatic nitrogens is 2. The van der Waals surface area contributed by atoms with Crippen LogP contribution in [-0.4, -0.2) is 22.4 Å². The van der Waals surface area contributed by atoms with Gasteiger partial charge in [-0.25, -0.2) is 8.78 Å². The first-order valence-corrected chi connectivity index (χ1v) is 4.97. The van der Waals surface area contributed by atoms with Gasteiger partial charge in [-0.2, -0.15) is 5.10 Å². The first kappa shape index (κ1) is 10.3. The third-order valence-electron chi connectivity index (χ3n) is 3.05. The second kappa shape index (κ2) is 3.40. The zero-order chi connectivity index (χ0) is 11.1. The van der Waals surface area contributed by atoms with Crippen LogP contribution in [-0.2, 0) is 12.8 Å². The zero-order valence-corrected chi connectivity index (χ0v) is 8.39. The molecule has 1 aromatic heterocycles. The molecule has 0 saturated heterocycles. The number of alkyl halides is 2. The van der Waals surface area contributed by atoms with Gasteiger partial charge >= 0.3 is 0 Å². The van der Waals surface area contributed by atoms with Gasteiger partial charge in [0.1, 0.15) is 5.69 Å². The minimum absolute atomic E-state index is 0.239. The second-order valence-electron chi connectivity index (χ2n) is 3.93. The van der Waals surface area contributed by atoms with Crippen molar-refractivity contribution in [3.05, 3.63) is 17.0 Å². The van der Waals surface area contributed by atoms with Crippen LogP contribution in [0, 0.1) is 5.92 Å². The average Bonchev–Trinajstić information content (AvgIpc) is 2.56. The van der Waals surface area contributed by atoms with Crippen LogP contribution in [0.4, 0.5) is 8.78 Å². The Kier molecular flexibility index (Phi) is 2.32. The van der Waals surface area contributed by atoms with Crippen molar-refractivity contribution in [2.24, 2.45) is 5.92 Å². The summed E-state index contributed by atoms with van der Waals surface area (Å²) in [5, 5.41) is 6.24. The molecule has 1 unspecified atom stereocenters. The van der Waals surface area contributed by atoms with E-state index in [0.717, 1.165) is 0 Å². The molecule has 1 aliphatic carbocycles. The molecule has 15 heavy (non-hydrogen) atoms. The summed E-state index contributed by atoms with van der Waals surface area (Å²) in [4.78, 5) is 10.6. The van der Waals surface area contributed by atoms with Gasteiger partial charge < -0.3 is 0 Å². The Bertz CT molecular complexity index is 387. The van der Waals surface area contributed by atoms with Crippen LogP contribution in [0.2, 0.25) is 0 Å². The molecule has 0 fully saturated rings. The number of halogens is 2. The van der Waals surface area contributed by atoms with E-state index in [-0.39, 0.29) is 18.5 Å². The van der Waals surface area contributed by atoms with Gasteiger partial charge in [-0.1, -0.05) is 6.92 Å². The van der Waals surface area contributed by atoms with Crippen molar-refractivity contribution >= 4 is 6.29 Å². The lowest BCUT2D eigenvalue weighted by Crippen LogP contribution is -2.36. The monoisotopic (exact) mass is 214 g/mol. The van der Waals surface area contributed by atoms with Crippen LogP contribution in [0.5, 0.6) is 0 Å². The summed E-state index contributed by atoms with van der Waals surface area (Å²) >= 11 is 0. The SMILES string of the molecule is CCC1Cc2c(C=O)n[nH]c2CC1(F)F. The van der Waals surface area contributed by atoms with E-state index in [2.05, 4.69) is 10.2 Å². The summed E-state index contributed by atoms with van der Waals surface area (Å²) in [7, 11) is 0. The Morgan fingerprint density at radius 1 is 1.67 bits per heavy atom. The fourth-order valence-electron chi connectivity index (χ4n) is 2.11. The molecule has 82 valence electrons. The summed E-state index contributed by atoms with van der Waals surface area (Å²) in [6.45, 7) is 1.74. The van der Waals surface area contributed by atoms with Crippen molar-refractivity contribution in [3.63, 3.8) is 0 Å². The molecule has 0 radical (unpaired) electrons. The Hall–Kier alpha value is -1.26. The highest BCUT2D eigenvalue weighted by Crippen LogP contribution is 2.39. The van der Waals surface area contributed by atoms with Crippen molar-refractivity contribution in [3.8, 4) is 0 Å². The molecule has 5 heteroatoms. The van der Waals surface area contributed by atoms with Crippen LogP contribution in [0.3, 0.4) is 0 Å². The number of nitrogens with one attached hydrogen (secondary N) is 1. The molecule has 1 aliphatic rings. The number of carbonyl (C=O) groups excluding carboxylic acids is 1. The predicted molar refractivity (Wildman–Crippen MR) is 50.1 cm³/mol. The number of carbonyl (C=O) groups is 1. The number of rotatable bonds is 2. The molecule has 3 nitrogen and oxygen atoms in total. The van der Waals surface area contributed by atoms with E-state index in [9.17, 15) is 13.6 Å². The number of nitrogens with zero attached hydrogens (tertiary/aromatic N) is 1. The number of aromatic amines is 1. The maximum absolute atomic E-state index is 13.5. The van der Waals surface area contributed by atoms with Gasteiger partial charge in [0.25, 0.3) is 5.92 Å². The predicted octanol–water partition coefficient (Wildman–Crippen LogP) is 1.98. The summed E-state index contributed by atoms with van der Waals surface area (Å²) in [5.41, 5.74) is 1.36. The van der Waals surface area contributed by atoms with E-state index in [0.29, 0.717) is 24.0 Å². The molecule has 2 rings (SSSR count). The Labute approximate surface area is 85.9 Å². The molecule has 0 aromatic carbocycles. The molecular weight excluding hydrogens is 202 g/mol. The molecular formula is C10H12F2N2O. The number of H-pyrrole nitrogens is 1. The largest absolute Gasteiger partial charge is 0.296 e. The third-order valence-corrected chi connectivity index (χ3v) is 3.05. The van der Waals surface area contributed by atoms with Crippen LogP contribution in [0.1, 0.15) is 35.1 Å². The zero-order valence-electron chi connectivity index (χ0n) is 8.39. The maximum Gasteiger partial charge on any atom is 0.256 e. The highest BCUT2D eigenvalue weighted by Gasteiger charge is 2.44. The van der Waals surface area contributed by atoms with E-state index in [4.69, 9.17) is 0 Å². The summed E-state index contributed by atoms with van der Waals surface area (Å²) < 4.78 is 27.1. The molecule has 1 heterocycles. The van der Waals surface area contributed by atoms with E-state index >= 15 is 0 Å². The van der Waals surface area contributed by atoms with Gasteiger partial charge in [-0.05, 0) is 12.8 Å². The van der Waals surface area contributed by atoms with Gasteiger partial charge in [-0.15, -0.1) is 0 Å². The Balaban J connectivity index is 2.39. The average molecular weight is 214 g/mol. The first-order chi connectivity index (χ1) is 7.08. The maximum atomic E-state index is 13.5. The van der Waals surface area contributed by atoms with Crippen molar-refractivity contribution in [2.75, 3.05) is 0 Å². The van der Waals surface area contributed by atoms with Crippen LogP contribution in [0.15, 0.2) is 0 Å². The Morgan fingerprint density at radius 2 is 2.40 bits per heavy atom. The van der Waals surface area contributed by atoms with Crippen LogP contribution >= 0.6 is 0 Å². The first-order valence-electron chi connectivity index (χ1n) is 4.97. The molecule has 0 bridgehead atoms. The molecule has 1 atom stereocenters. The number of hydrogen-bond donors (Lipinski definition) is 1. The van der Waals surface area contributed by atoms with Gasteiger partial charge in [0.05, 0.1) is 6.42 Å². The summed E-state index contributed by atoms with van der Waals surface area (Å²) in [6, 6.07) is 0. The van der Waals surface area contributed by atoms with Crippen LogP contribution in [0.25, 0.3) is 0 Å². The fraction of sp³-hybridized carbons (Fsp3) is 0.600. The third kappa shape index (κ3) is 1.56. The lowest BCUT2D eigenvalue weighted by atomic mass is 9.82. The fourth-order valence-corrected chi connectivity index (χ4v) is 2.11. The smallest absolute Gasteiger partial charge is 0.256 e. The normalized spacial score (nSPS) is 23.5. The van der Waals surface area contributed by atoms with Crippen molar-refractivity contribution in [2.45, 2.75) is 32.1 Å². The molecule has 0 amide bonds. The quantitative estimate of drug-likeness (QED) is 0.765. The highest BCUT2D eigenvalue weighted by atomic mass is 19.3. The van der Waals surface area contributed by atoms with Crippen molar-refractivity contribution in [1.29, 1.82) is 0 Å². The summed E-state index contributed by atoms with van der Waals surface area (Å²) in [6.07, 6.45) is 0.937. The summed E-state index contributed by atoms with van der Waals surface area (Å²) in [5.74, 6) is -3.37. The molecule has 1 aromatic rings. The van der Waals surface area contributed by atoms with Gasteiger partial charge in [0.15, 0.2) is 6.29 Å². The van der Waals surface area contributed by atoms with Gasteiger partial charge in [-0.3, -0.25) is 9.89 Å². The second-order valence-corrected chi connectivity index (χ2v) is 3.93. The minimum atomic E-state index is -2.69.